The highest BCUT2D eigenvalue weighted by Gasteiger charge is 2.13. The van der Waals surface area contributed by atoms with Crippen molar-refractivity contribution in [2.75, 3.05) is 6.54 Å². The van der Waals surface area contributed by atoms with Crippen LogP contribution in [0.1, 0.15) is 18.2 Å². The molecule has 0 saturated carbocycles. The van der Waals surface area contributed by atoms with E-state index in [1.807, 2.05) is 48.2 Å². The Bertz CT molecular complexity index is 476. The molecule has 0 radical (unpaired) electrons. The van der Waals surface area contributed by atoms with E-state index in [1.54, 1.807) is 12.3 Å². The van der Waals surface area contributed by atoms with Crippen molar-refractivity contribution >= 4 is 5.91 Å². The Balaban J connectivity index is 1.98. The molecule has 0 bridgehead atoms. The van der Waals surface area contributed by atoms with Crippen LogP contribution in [0.2, 0.25) is 0 Å². The first-order chi connectivity index (χ1) is 8.79. The summed E-state index contributed by atoms with van der Waals surface area (Å²) in [6.45, 7) is 3.34. The van der Waals surface area contributed by atoms with Crippen LogP contribution in [0.5, 0.6) is 0 Å². The molecule has 0 aliphatic carbocycles. The first kappa shape index (κ1) is 12.4. The molecule has 0 unspecified atom stereocenters. The van der Waals surface area contributed by atoms with Crippen LogP contribution in [0.4, 0.5) is 0 Å². The van der Waals surface area contributed by atoms with Crippen LogP contribution in [0.3, 0.4) is 0 Å². The lowest BCUT2D eigenvalue weighted by Gasteiger charge is -2.20. The summed E-state index contributed by atoms with van der Waals surface area (Å²) in [5.74, 6) is 0.808. The highest BCUT2D eigenvalue weighted by Crippen LogP contribution is 2.08. The van der Waals surface area contributed by atoms with Gasteiger partial charge in [-0.2, -0.15) is 0 Å². The van der Waals surface area contributed by atoms with E-state index in [4.69, 9.17) is 4.42 Å². The number of nitrogens with zero attached hydrogens (tertiary/aromatic N) is 1. The second-order valence-electron chi connectivity index (χ2n) is 4.15. The van der Waals surface area contributed by atoms with Gasteiger partial charge in [0.15, 0.2) is 0 Å². The topological polar surface area (TPSA) is 33.5 Å². The van der Waals surface area contributed by atoms with Crippen molar-refractivity contribution < 1.29 is 9.21 Å². The van der Waals surface area contributed by atoms with Gasteiger partial charge in [0, 0.05) is 13.1 Å². The van der Waals surface area contributed by atoms with Crippen molar-refractivity contribution in [3.05, 3.63) is 60.1 Å². The number of benzene rings is 1. The quantitative estimate of drug-likeness (QED) is 0.809. The minimum Gasteiger partial charge on any atom is -0.469 e. The average molecular weight is 243 g/mol. The average Bonchev–Trinajstić information content (AvgIpc) is 2.90. The maximum atomic E-state index is 12.1. The molecule has 3 nitrogen and oxygen atoms in total. The smallest absolute Gasteiger partial charge is 0.230 e. The second-order valence-corrected chi connectivity index (χ2v) is 4.15. The van der Waals surface area contributed by atoms with Gasteiger partial charge in [-0.3, -0.25) is 4.79 Å². The van der Waals surface area contributed by atoms with Crippen molar-refractivity contribution in [2.45, 2.75) is 19.9 Å². The molecule has 18 heavy (non-hydrogen) atoms. The van der Waals surface area contributed by atoms with Crippen molar-refractivity contribution in [2.24, 2.45) is 0 Å². The van der Waals surface area contributed by atoms with Crippen LogP contribution in [0.15, 0.2) is 53.1 Å². The van der Waals surface area contributed by atoms with E-state index in [9.17, 15) is 4.79 Å². The van der Waals surface area contributed by atoms with Crippen molar-refractivity contribution in [3.63, 3.8) is 0 Å². The fraction of sp³-hybridized carbons (Fsp3) is 0.267. The van der Waals surface area contributed by atoms with Crippen LogP contribution < -0.4 is 0 Å². The molecule has 3 heteroatoms. The molecule has 2 rings (SSSR count). The molecule has 0 fully saturated rings. The van der Waals surface area contributed by atoms with Gasteiger partial charge < -0.3 is 9.32 Å². The summed E-state index contributed by atoms with van der Waals surface area (Å²) >= 11 is 0. The monoisotopic (exact) mass is 243 g/mol. The Labute approximate surface area is 107 Å². The number of likely N-dealkylation sites (N-methyl/N-ethyl adjacent to an activating group) is 1. The first-order valence-corrected chi connectivity index (χ1v) is 6.13. The lowest BCUT2D eigenvalue weighted by atomic mass is 10.2. The summed E-state index contributed by atoms with van der Waals surface area (Å²) in [5, 5.41) is 0. The van der Waals surface area contributed by atoms with Crippen LogP contribution in [-0.4, -0.2) is 17.4 Å². The van der Waals surface area contributed by atoms with Crippen molar-refractivity contribution in [1.29, 1.82) is 0 Å². The molecule has 1 aromatic carbocycles. The Morgan fingerprint density at radius 2 is 1.94 bits per heavy atom. The molecule has 0 aliphatic heterocycles. The number of rotatable bonds is 5. The summed E-state index contributed by atoms with van der Waals surface area (Å²) in [6.07, 6.45) is 1.92. The highest BCUT2D eigenvalue weighted by atomic mass is 16.3. The second kappa shape index (κ2) is 6.05. The van der Waals surface area contributed by atoms with Gasteiger partial charge in [0.05, 0.1) is 12.7 Å². The molecular weight excluding hydrogens is 226 g/mol. The lowest BCUT2D eigenvalue weighted by Crippen LogP contribution is -2.31. The van der Waals surface area contributed by atoms with Gasteiger partial charge in [-0.1, -0.05) is 30.3 Å². The molecule has 0 N–H and O–H groups in total. The van der Waals surface area contributed by atoms with Crippen molar-refractivity contribution in [1.82, 2.24) is 4.90 Å². The number of furan rings is 1. The van der Waals surface area contributed by atoms with Crippen LogP contribution in [0, 0.1) is 0 Å². The SMILES string of the molecule is CCN(Cc1ccccc1)C(=O)Cc1ccco1. The highest BCUT2D eigenvalue weighted by molar-refractivity contribution is 5.78. The third-order valence-electron chi connectivity index (χ3n) is 2.86. The summed E-state index contributed by atoms with van der Waals surface area (Å²) in [5.41, 5.74) is 1.15. The summed E-state index contributed by atoms with van der Waals surface area (Å²) in [7, 11) is 0. The Kier molecular flexibility index (Phi) is 4.18. The molecule has 1 amide bonds. The minimum absolute atomic E-state index is 0.0938. The number of carbonyl (C=O) groups is 1. The third kappa shape index (κ3) is 3.23. The van der Waals surface area contributed by atoms with Gasteiger partial charge >= 0.3 is 0 Å². The summed E-state index contributed by atoms with van der Waals surface area (Å²) in [4.78, 5) is 13.9. The predicted octanol–water partition coefficient (Wildman–Crippen LogP) is 2.87. The van der Waals surface area contributed by atoms with E-state index < -0.39 is 0 Å². The lowest BCUT2D eigenvalue weighted by molar-refractivity contribution is -0.131. The van der Waals surface area contributed by atoms with Crippen LogP contribution >= 0.6 is 0 Å². The number of hydrogen-bond donors (Lipinski definition) is 0. The van der Waals surface area contributed by atoms with Gasteiger partial charge in [0.1, 0.15) is 5.76 Å². The van der Waals surface area contributed by atoms with E-state index in [-0.39, 0.29) is 5.91 Å². The van der Waals surface area contributed by atoms with Gasteiger partial charge in [0.2, 0.25) is 5.91 Å². The molecule has 94 valence electrons. The molecule has 0 saturated heterocycles. The Morgan fingerprint density at radius 3 is 2.56 bits per heavy atom. The summed E-state index contributed by atoms with van der Waals surface area (Å²) < 4.78 is 5.20. The van der Waals surface area contributed by atoms with Crippen LogP contribution in [0.25, 0.3) is 0 Å². The zero-order valence-electron chi connectivity index (χ0n) is 10.5. The Morgan fingerprint density at radius 1 is 1.17 bits per heavy atom. The van der Waals surface area contributed by atoms with Crippen molar-refractivity contribution in [3.8, 4) is 0 Å². The molecule has 0 aliphatic rings. The van der Waals surface area contributed by atoms with E-state index >= 15 is 0 Å². The molecular formula is C15H17NO2. The number of hydrogen-bond acceptors (Lipinski definition) is 2. The zero-order chi connectivity index (χ0) is 12.8. The van der Waals surface area contributed by atoms with E-state index in [1.165, 1.54) is 0 Å². The largest absolute Gasteiger partial charge is 0.469 e. The fourth-order valence-corrected chi connectivity index (χ4v) is 1.85. The maximum absolute atomic E-state index is 12.1. The molecule has 1 heterocycles. The molecule has 0 spiro atoms. The molecule has 2 aromatic rings. The Hall–Kier alpha value is -2.03. The van der Waals surface area contributed by atoms with Gasteiger partial charge in [0.25, 0.3) is 0 Å². The molecule has 1 aromatic heterocycles. The van der Waals surface area contributed by atoms with Gasteiger partial charge in [-0.05, 0) is 24.6 Å². The van der Waals surface area contributed by atoms with Gasteiger partial charge in [-0.25, -0.2) is 0 Å². The predicted molar refractivity (Wildman–Crippen MR) is 69.9 cm³/mol. The number of carbonyl (C=O) groups excluding carboxylic acids is 1. The summed E-state index contributed by atoms with van der Waals surface area (Å²) in [6, 6.07) is 13.6. The van der Waals surface area contributed by atoms with Crippen LogP contribution in [-0.2, 0) is 17.8 Å². The minimum atomic E-state index is 0.0938. The normalized spacial score (nSPS) is 10.3. The van der Waals surface area contributed by atoms with Gasteiger partial charge in [-0.15, -0.1) is 0 Å². The zero-order valence-corrected chi connectivity index (χ0v) is 10.5. The third-order valence-corrected chi connectivity index (χ3v) is 2.86. The van der Waals surface area contributed by atoms with E-state index in [0.717, 1.165) is 5.56 Å². The van der Waals surface area contributed by atoms with E-state index in [0.29, 0.717) is 25.3 Å². The standard InChI is InChI=1S/C15H17NO2/c1-2-16(12-13-7-4-3-5-8-13)15(17)11-14-9-6-10-18-14/h3-10H,2,11-12H2,1H3. The first-order valence-electron chi connectivity index (χ1n) is 6.13. The van der Waals surface area contributed by atoms with E-state index in [2.05, 4.69) is 0 Å². The number of amides is 1. The fourth-order valence-electron chi connectivity index (χ4n) is 1.85. The molecule has 0 atom stereocenters. The maximum Gasteiger partial charge on any atom is 0.230 e.